The fraction of sp³-hybridized carbons (Fsp3) is 0.364. The van der Waals surface area contributed by atoms with Crippen LogP contribution in [0.3, 0.4) is 0 Å². The van der Waals surface area contributed by atoms with Gasteiger partial charge in [0.2, 0.25) is 0 Å². The highest BCUT2D eigenvalue weighted by atomic mass is 79.9. The second-order valence-corrected chi connectivity index (χ2v) is 5.18. The zero-order valence-corrected chi connectivity index (χ0v) is 12.4. The van der Waals surface area contributed by atoms with Gasteiger partial charge < -0.3 is 5.32 Å². The van der Waals surface area contributed by atoms with Crippen LogP contribution in [0.4, 0.5) is 0 Å². The summed E-state index contributed by atoms with van der Waals surface area (Å²) in [6, 6.07) is 5.99. The van der Waals surface area contributed by atoms with Gasteiger partial charge in [0.1, 0.15) is 0 Å². The second-order valence-electron chi connectivity index (χ2n) is 3.91. The molecule has 1 aromatic carbocycles. The third-order valence-electron chi connectivity index (χ3n) is 2.63. The molecule has 0 saturated heterocycles. The first-order valence-corrected chi connectivity index (χ1v) is 6.62. The summed E-state index contributed by atoms with van der Waals surface area (Å²) in [7, 11) is 3.66. The van der Waals surface area contributed by atoms with E-state index in [4.69, 9.17) is 11.6 Å². The van der Waals surface area contributed by atoms with Crippen LogP contribution in [-0.2, 0) is 13.5 Å². The van der Waals surface area contributed by atoms with Gasteiger partial charge in [0, 0.05) is 16.9 Å². The number of nitrogens with one attached hydrogen (secondary N) is 1. The number of hydrogen-bond donors (Lipinski definition) is 1. The van der Waals surface area contributed by atoms with Crippen molar-refractivity contribution in [2.45, 2.75) is 12.5 Å². The Bertz CT molecular complexity index is 542. The molecule has 1 heterocycles. The van der Waals surface area contributed by atoms with Gasteiger partial charge in [-0.1, -0.05) is 17.7 Å². The maximum Gasteiger partial charge on any atom is 0.176 e. The van der Waals surface area contributed by atoms with Crippen molar-refractivity contribution in [1.29, 1.82) is 0 Å². The lowest BCUT2D eigenvalue weighted by Gasteiger charge is -2.15. The topological polar surface area (TPSA) is 55.6 Å². The van der Waals surface area contributed by atoms with Crippen LogP contribution in [0.25, 0.3) is 0 Å². The van der Waals surface area contributed by atoms with Crippen LogP contribution in [0.5, 0.6) is 0 Å². The highest BCUT2D eigenvalue weighted by Gasteiger charge is 2.14. The number of nitrogens with zero attached hydrogens (tertiary/aromatic N) is 4. The van der Waals surface area contributed by atoms with Crippen LogP contribution in [0.1, 0.15) is 17.4 Å². The molecule has 2 aromatic rings. The van der Waals surface area contributed by atoms with Crippen molar-refractivity contribution < 1.29 is 0 Å². The summed E-state index contributed by atoms with van der Waals surface area (Å²) in [6.07, 6.45) is 0.679. The van der Waals surface area contributed by atoms with Crippen LogP contribution < -0.4 is 5.32 Å². The number of likely N-dealkylation sites (N-methyl/N-ethyl adjacent to an activating group) is 1. The monoisotopic (exact) mass is 329 g/mol. The van der Waals surface area contributed by atoms with Crippen molar-refractivity contribution >= 4 is 27.5 Å². The SMILES string of the molecule is CNC(Cc1nnn(C)n1)c1ccc(Cl)c(Br)c1. The maximum atomic E-state index is 5.99. The molecule has 1 unspecified atom stereocenters. The van der Waals surface area contributed by atoms with Gasteiger partial charge in [0.25, 0.3) is 0 Å². The Morgan fingerprint density at radius 3 is 2.83 bits per heavy atom. The molecule has 0 spiro atoms. The zero-order valence-electron chi connectivity index (χ0n) is 10.1. The molecule has 96 valence electrons. The largest absolute Gasteiger partial charge is 0.313 e. The van der Waals surface area contributed by atoms with E-state index in [1.807, 2.05) is 25.2 Å². The molecule has 0 fully saturated rings. The van der Waals surface area contributed by atoms with Gasteiger partial charge in [-0.3, -0.25) is 0 Å². The molecule has 1 aromatic heterocycles. The van der Waals surface area contributed by atoms with Gasteiger partial charge in [-0.25, -0.2) is 0 Å². The third kappa shape index (κ3) is 3.07. The van der Waals surface area contributed by atoms with Crippen LogP contribution in [0.15, 0.2) is 22.7 Å². The Balaban J connectivity index is 2.19. The van der Waals surface area contributed by atoms with E-state index >= 15 is 0 Å². The zero-order chi connectivity index (χ0) is 13.1. The molecule has 0 aliphatic carbocycles. The van der Waals surface area contributed by atoms with Gasteiger partial charge in [0.15, 0.2) is 5.82 Å². The molecule has 0 amide bonds. The molecular formula is C11H13BrClN5. The summed E-state index contributed by atoms with van der Waals surface area (Å²) in [5, 5.41) is 15.9. The molecule has 5 nitrogen and oxygen atoms in total. The average Bonchev–Trinajstić information content (AvgIpc) is 2.75. The van der Waals surface area contributed by atoms with Crippen LogP contribution >= 0.6 is 27.5 Å². The Morgan fingerprint density at radius 1 is 1.50 bits per heavy atom. The van der Waals surface area contributed by atoms with E-state index in [1.54, 1.807) is 7.05 Å². The van der Waals surface area contributed by atoms with Crippen LogP contribution in [0, 0.1) is 0 Å². The first-order chi connectivity index (χ1) is 8.60. The summed E-state index contributed by atoms with van der Waals surface area (Å²) < 4.78 is 0.883. The van der Waals surface area contributed by atoms with Crippen molar-refractivity contribution in [2.24, 2.45) is 7.05 Å². The molecule has 0 radical (unpaired) electrons. The minimum absolute atomic E-state index is 0.128. The Hall–Kier alpha value is -0.980. The number of halogens is 2. The van der Waals surface area contributed by atoms with Crippen LogP contribution in [0.2, 0.25) is 5.02 Å². The smallest absolute Gasteiger partial charge is 0.176 e. The molecule has 7 heteroatoms. The Morgan fingerprint density at radius 2 is 2.28 bits per heavy atom. The number of benzene rings is 1. The summed E-state index contributed by atoms with van der Waals surface area (Å²) in [5.41, 5.74) is 1.13. The molecule has 0 aliphatic rings. The predicted molar refractivity (Wildman–Crippen MR) is 73.5 cm³/mol. The van der Waals surface area contributed by atoms with Crippen molar-refractivity contribution in [3.8, 4) is 0 Å². The quantitative estimate of drug-likeness (QED) is 0.933. The number of hydrogen-bond acceptors (Lipinski definition) is 4. The summed E-state index contributed by atoms with van der Waals surface area (Å²) >= 11 is 9.41. The van der Waals surface area contributed by atoms with E-state index in [0.29, 0.717) is 17.3 Å². The molecule has 0 bridgehead atoms. The van der Waals surface area contributed by atoms with Crippen molar-refractivity contribution in [2.75, 3.05) is 7.05 Å². The number of rotatable bonds is 4. The standard InChI is InChI=1S/C11H13BrClN5/c1-14-10(6-11-15-17-18(2)16-11)7-3-4-9(13)8(12)5-7/h3-5,10,14H,6H2,1-2H3. The van der Waals surface area contributed by atoms with Gasteiger partial charge in [-0.15, -0.1) is 10.2 Å². The first kappa shape index (κ1) is 13.5. The molecule has 1 N–H and O–H groups in total. The van der Waals surface area contributed by atoms with E-state index in [2.05, 4.69) is 36.7 Å². The molecular weight excluding hydrogens is 318 g/mol. The lowest BCUT2D eigenvalue weighted by Crippen LogP contribution is -2.19. The Labute approximate surface area is 119 Å². The Kier molecular flexibility index (Phi) is 4.31. The minimum Gasteiger partial charge on any atom is -0.313 e. The van der Waals surface area contributed by atoms with Crippen LogP contribution in [-0.4, -0.2) is 27.3 Å². The highest BCUT2D eigenvalue weighted by Crippen LogP contribution is 2.26. The minimum atomic E-state index is 0.128. The summed E-state index contributed by atoms with van der Waals surface area (Å²) in [6.45, 7) is 0. The third-order valence-corrected chi connectivity index (χ3v) is 3.84. The fourth-order valence-electron chi connectivity index (χ4n) is 1.70. The van der Waals surface area contributed by atoms with E-state index in [-0.39, 0.29) is 6.04 Å². The molecule has 0 aliphatic heterocycles. The van der Waals surface area contributed by atoms with E-state index in [1.165, 1.54) is 4.80 Å². The normalized spacial score (nSPS) is 12.7. The lowest BCUT2D eigenvalue weighted by molar-refractivity contribution is 0.570. The molecule has 18 heavy (non-hydrogen) atoms. The average molecular weight is 331 g/mol. The number of aromatic nitrogens is 4. The first-order valence-electron chi connectivity index (χ1n) is 5.45. The second kappa shape index (κ2) is 5.77. The molecule has 2 rings (SSSR count). The number of aryl methyl sites for hydroxylation is 1. The van der Waals surface area contributed by atoms with Gasteiger partial charge in [-0.2, -0.15) is 4.80 Å². The summed E-state index contributed by atoms with van der Waals surface area (Å²) in [4.78, 5) is 1.46. The number of tetrazole rings is 1. The fourth-order valence-corrected chi connectivity index (χ4v) is 2.22. The lowest BCUT2D eigenvalue weighted by atomic mass is 10.0. The summed E-state index contributed by atoms with van der Waals surface area (Å²) in [5.74, 6) is 0.711. The highest BCUT2D eigenvalue weighted by molar-refractivity contribution is 9.10. The maximum absolute atomic E-state index is 5.99. The predicted octanol–water partition coefficient (Wildman–Crippen LogP) is 2.13. The van der Waals surface area contributed by atoms with E-state index < -0.39 is 0 Å². The van der Waals surface area contributed by atoms with Crippen molar-refractivity contribution in [3.63, 3.8) is 0 Å². The van der Waals surface area contributed by atoms with Crippen molar-refractivity contribution in [1.82, 2.24) is 25.5 Å². The van der Waals surface area contributed by atoms with E-state index in [0.717, 1.165) is 10.0 Å². The van der Waals surface area contributed by atoms with Gasteiger partial charge in [0.05, 0.1) is 12.1 Å². The van der Waals surface area contributed by atoms with E-state index in [9.17, 15) is 0 Å². The van der Waals surface area contributed by atoms with Gasteiger partial charge >= 0.3 is 0 Å². The van der Waals surface area contributed by atoms with Crippen molar-refractivity contribution in [3.05, 3.63) is 39.1 Å². The molecule has 1 atom stereocenters. The molecule has 0 saturated carbocycles. The van der Waals surface area contributed by atoms with Gasteiger partial charge in [-0.05, 0) is 45.9 Å².